The van der Waals surface area contributed by atoms with Crippen LogP contribution in [0.2, 0.25) is 0 Å². The Morgan fingerprint density at radius 1 is 1.40 bits per heavy atom. The monoisotopic (exact) mass is 277 g/mol. The molecule has 4 nitrogen and oxygen atoms in total. The smallest absolute Gasteiger partial charge is 0.123 e. The number of fused-ring (bicyclic) bond motifs is 1. The van der Waals surface area contributed by atoms with Gasteiger partial charge in [0.2, 0.25) is 0 Å². The molecule has 0 bridgehead atoms. The predicted octanol–water partition coefficient (Wildman–Crippen LogP) is 1.94. The van der Waals surface area contributed by atoms with E-state index in [1.165, 1.54) is 19.3 Å². The lowest BCUT2D eigenvalue weighted by Gasteiger charge is -2.37. The van der Waals surface area contributed by atoms with Gasteiger partial charge >= 0.3 is 0 Å². The van der Waals surface area contributed by atoms with E-state index in [1.807, 2.05) is 12.1 Å². The first-order chi connectivity index (χ1) is 9.81. The molecule has 1 aromatic rings. The molecule has 2 fully saturated rings. The first kappa shape index (κ1) is 13.9. The van der Waals surface area contributed by atoms with Crippen molar-refractivity contribution >= 4 is 0 Å². The van der Waals surface area contributed by atoms with Crippen LogP contribution in [0.3, 0.4) is 0 Å². The lowest BCUT2D eigenvalue weighted by Crippen LogP contribution is -2.47. The molecule has 1 heterocycles. The average molecular weight is 277 g/mol. The van der Waals surface area contributed by atoms with Gasteiger partial charge in [0, 0.05) is 24.7 Å². The van der Waals surface area contributed by atoms with Crippen LogP contribution in [0, 0.1) is 0 Å². The minimum atomic E-state index is 0.0756. The van der Waals surface area contributed by atoms with E-state index in [2.05, 4.69) is 11.0 Å². The molecule has 1 saturated heterocycles. The minimum Gasteiger partial charge on any atom is -0.496 e. The molecule has 4 heteroatoms. The maximum Gasteiger partial charge on any atom is 0.123 e. The van der Waals surface area contributed by atoms with Crippen LogP contribution in [0.1, 0.15) is 30.4 Å². The molecular formula is C16H23NO3. The summed E-state index contributed by atoms with van der Waals surface area (Å²) in [5, 5.41) is 9.31. The van der Waals surface area contributed by atoms with Crippen molar-refractivity contribution in [3.05, 3.63) is 29.3 Å². The minimum absolute atomic E-state index is 0.0756. The number of rotatable bonds is 4. The fourth-order valence-corrected chi connectivity index (χ4v) is 3.47. The van der Waals surface area contributed by atoms with E-state index in [0.29, 0.717) is 12.1 Å². The molecule has 0 spiro atoms. The molecule has 0 amide bonds. The van der Waals surface area contributed by atoms with Crippen molar-refractivity contribution in [2.45, 2.75) is 44.6 Å². The van der Waals surface area contributed by atoms with Crippen molar-refractivity contribution in [2.75, 3.05) is 20.3 Å². The van der Waals surface area contributed by atoms with Crippen molar-refractivity contribution in [3.63, 3.8) is 0 Å². The highest BCUT2D eigenvalue weighted by Gasteiger charge is 2.36. The van der Waals surface area contributed by atoms with Gasteiger partial charge in [-0.15, -0.1) is 0 Å². The number of benzene rings is 1. The molecule has 110 valence electrons. The molecule has 2 atom stereocenters. The molecule has 1 aromatic carbocycles. The summed E-state index contributed by atoms with van der Waals surface area (Å²) in [6.45, 7) is 2.75. The highest BCUT2D eigenvalue weighted by molar-refractivity contribution is 5.37. The maximum atomic E-state index is 9.31. The predicted molar refractivity (Wildman–Crippen MR) is 76.7 cm³/mol. The molecule has 2 unspecified atom stereocenters. The second kappa shape index (κ2) is 6.12. The largest absolute Gasteiger partial charge is 0.496 e. The summed E-state index contributed by atoms with van der Waals surface area (Å²) in [4.78, 5) is 2.51. The van der Waals surface area contributed by atoms with Gasteiger partial charge in [-0.05, 0) is 37.0 Å². The van der Waals surface area contributed by atoms with E-state index in [0.717, 1.165) is 36.6 Å². The van der Waals surface area contributed by atoms with Gasteiger partial charge in [-0.25, -0.2) is 0 Å². The van der Waals surface area contributed by atoms with Gasteiger partial charge in [0.15, 0.2) is 0 Å². The van der Waals surface area contributed by atoms with E-state index in [4.69, 9.17) is 9.47 Å². The molecule has 1 saturated carbocycles. The van der Waals surface area contributed by atoms with E-state index < -0.39 is 0 Å². The average Bonchev–Trinajstić information content (AvgIpc) is 2.96. The van der Waals surface area contributed by atoms with Gasteiger partial charge in [0.25, 0.3) is 0 Å². The third kappa shape index (κ3) is 2.68. The van der Waals surface area contributed by atoms with E-state index in [9.17, 15) is 5.11 Å². The van der Waals surface area contributed by atoms with Crippen LogP contribution in [0.4, 0.5) is 0 Å². The van der Waals surface area contributed by atoms with Crippen LogP contribution in [0.25, 0.3) is 0 Å². The molecule has 20 heavy (non-hydrogen) atoms. The van der Waals surface area contributed by atoms with Gasteiger partial charge < -0.3 is 14.6 Å². The SMILES string of the molecule is COc1ccc(CO)cc1CN1CCOC2CCCC21. The summed E-state index contributed by atoms with van der Waals surface area (Å²) in [6, 6.07) is 6.47. The number of hydrogen-bond acceptors (Lipinski definition) is 4. The van der Waals surface area contributed by atoms with E-state index in [1.54, 1.807) is 7.11 Å². The number of hydrogen-bond donors (Lipinski definition) is 1. The fraction of sp³-hybridized carbons (Fsp3) is 0.625. The van der Waals surface area contributed by atoms with Gasteiger partial charge in [-0.2, -0.15) is 0 Å². The maximum absolute atomic E-state index is 9.31. The number of aliphatic hydroxyl groups excluding tert-OH is 1. The Bertz CT molecular complexity index is 463. The van der Waals surface area contributed by atoms with Crippen molar-refractivity contribution in [2.24, 2.45) is 0 Å². The van der Waals surface area contributed by atoms with Crippen LogP contribution in [-0.4, -0.2) is 42.4 Å². The summed E-state index contributed by atoms with van der Waals surface area (Å²) in [5.74, 6) is 0.906. The molecule has 2 aliphatic rings. The van der Waals surface area contributed by atoms with Gasteiger partial charge in [0.05, 0.1) is 26.4 Å². The number of aliphatic hydroxyl groups is 1. The third-order valence-electron chi connectivity index (χ3n) is 4.50. The molecule has 1 aliphatic carbocycles. The Hall–Kier alpha value is -1.10. The van der Waals surface area contributed by atoms with Crippen molar-refractivity contribution in [3.8, 4) is 5.75 Å². The zero-order valence-electron chi connectivity index (χ0n) is 12.0. The van der Waals surface area contributed by atoms with Gasteiger partial charge in [0.1, 0.15) is 5.75 Å². The summed E-state index contributed by atoms with van der Waals surface area (Å²) < 4.78 is 11.3. The fourth-order valence-electron chi connectivity index (χ4n) is 3.47. The summed E-state index contributed by atoms with van der Waals surface area (Å²) in [5.41, 5.74) is 2.10. The normalized spacial score (nSPS) is 26.5. The second-order valence-corrected chi connectivity index (χ2v) is 5.68. The number of ether oxygens (including phenoxy) is 2. The van der Waals surface area contributed by atoms with Crippen molar-refractivity contribution < 1.29 is 14.6 Å². The van der Waals surface area contributed by atoms with Gasteiger partial charge in [-0.3, -0.25) is 4.90 Å². The van der Waals surface area contributed by atoms with E-state index >= 15 is 0 Å². The number of nitrogens with zero attached hydrogens (tertiary/aromatic N) is 1. The number of methoxy groups -OCH3 is 1. The zero-order valence-corrected chi connectivity index (χ0v) is 12.0. The van der Waals surface area contributed by atoms with Crippen LogP contribution in [0.15, 0.2) is 18.2 Å². The van der Waals surface area contributed by atoms with Crippen LogP contribution < -0.4 is 4.74 Å². The molecule has 3 rings (SSSR count). The quantitative estimate of drug-likeness (QED) is 0.913. The Labute approximate surface area is 120 Å². The standard InChI is InChI=1S/C16H23NO3/c1-19-15-6-5-12(11-18)9-13(15)10-17-7-8-20-16-4-2-3-14(16)17/h5-6,9,14,16,18H,2-4,7-8,10-11H2,1H3. The molecule has 1 aliphatic heterocycles. The lowest BCUT2D eigenvalue weighted by atomic mass is 10.1. The first-order valence-corrected chi connectivity index (χ1v) is 7.44. The Balaban J connectivity index is 1.79. The molecule has 1 N–H and O–H groups in total. The highest BCUT2D eigenvalue weighted by atomic mass is 16.5. The van der Waals surface area contributed by atoms with Gasteiger partial charge in [-0.1, -0.05) is 6.07 Å². The van der Waals surface area contributed by atoms with Crippen LogP contribution >= 0.6 is 0 Å². The molecular weight excluding hydrogens is 254 g/mol. The Kier molecular flexibility index (Phi) is 4.24. The topological polar surface area (TPSA) is 41.9 Å². The van der Waals surface area contributed by atoms with E-state index in [-0.39, 0.29) is 6.61 Å². The Morgan fingerprint density at radius 3 is 3.10 bits per heavy atom. The summed E-state index contributed by atoms with van der Waals surface area (Å²) >= 11 is 0. The Morgan fingerprint density at radius 2 is 2.30 bits per heavy atom. The molecule has 0 radical (unpaired) electrons. The highest BCUT2D eigenvalue weighted by Crippen LogP contribution is 2.32. The van der Waals surface area contributed by atoms with Crippen molar-refractivity contribution in [1.82, 2.24) is 4.90 Å². The lowest BCUT2D eigenvalue weighted by molar-refractivity contribution is -0.0590. The zero-order chi connectivity index (χ0) is 13.9. The van der Waals surface area contributed by atoms with Crippen LogP contribution in [-0.2, 0) is 17.9 Å². The third-order valence-corrected chi connectivity index (χ3v) is 4.50. The van der Waals surface area contributed by atoms with Crippen molar-refractivity contribution in [1.29, 1.82) is 0 Å². The van der Waals surface area contributed by atoms with Crippen LogP contribution in [0.5, 0.6) is 5.75 Å². The molecule has 0 aromatic heterocycles. The second-order valence-electron chi connectivity index (χ2n) is 5.68. The number of morpholine rings is 1. The summed E-state index contributed by atoms with van der Waals surface area (Å²) in [6.07, 6.45) is 4.09. The first-order valence-electron chi connectivity index (χ1n) is 7.44. The summed E-state index contributed by atoms with van der Waals surface area (Å²) in [7, 11) is 1.70.